The summed E-state index contributed by atoms with van der Waals surface area (Å²) in [6.07, 6.45) is 5.85. The predicted octanol–water partition coefficient (Wildman–Crippen LogP) is 2.26. The molecule has 2 aliphatic heterocycles. The highest BCUT2D eigenvalue weighted by Gasteiger charge is 2.49. The highest BCUT2D eigenvalue weighted by Crippen LogP contribution is 2.44. The Hall–Kier alpha value is -0.120. The topological polar surface area (TPSA) is 24.5 Å². The Morgan fingerprint density at radius 2 is 2.11 bits per heavy atom. The number of piperazine rings is 1. The summed E-state index contributed by atoms with van der Waals surface area (Å²) in [6, 6.07) is 0.647. The van der Waals surface area contributed by atoms with Crippen LogP contribution >= 0.6 is 0 Å². The van der Waals surface area contributed by atoms with Crippen LogP contribution in [0.5, 0.6) is 0 Å². The van der Waals surface area contributed by atoms with Crippen molar-refractivity contribution in [3.63, 3.8) is 0 Å². The predicted molar refractivity (Wildman–Crippen MR) is 78.3 cm³/mol. The Kier molecular flexibility index (Phi) is 3.89. The summed E-state index contributed by atoms with van der Waals surface area (Å²) in [4.78, 5) is 2.77. The molecule has 2 saturated heterocycles. The third-order valence-corrected chi connectivity index (χ3v) is 5.57. The first kappa shape index (κ1) is 13.8. The summed E-state index contributed by atoms with van der Waals surface area (Å²) >= 11 is 0. The summed E-state index contributed by atoms with van der Waals surface area (Å²) in [5.74, 6) is 1.63. The lowest BCUT2D eigenvalue weighted by atomic mass is 9.87. The van der Waals surface area contributed by atoms with E-state index in [0.717, 1.165) is 31.5 Å². The fraction of sp³-hybridized carbons (Fsp3) is 1.00. The Morgan fingerprint density at radius 1 is 1.32 bits per heavy atom. The first-order chi connectivity index (χ1) is 9.09. The molecule has 3 heteroatoms. The number of rotatable bonds is 4. The van der Waals surface area contributed by atoms with E-state index in [-0.39, 0.29) is 0 Å². The molecular weight excluding hydrogens is 236 g/mol. The smallest absolute Gasteiger partial charge is 0.0703 e. The first-order valence-corrected chi connectivity index (χ1v) is 8.19. The maximum atomic E-state index is 5.88. The largest absolute Gasteiger partial charge is 0.377 e. The van der Waals surface area contributed by atoms with E-state index in [4.69, 9.17) is 4.74 Å². The van der Waals surface area contributed by atoms with Crippen LogP contribution in [0, 0.1) is 11.8 Å². The summed E-state index contributed by atoms with van der Waals surface area (Å²) in [6.45, 7) is 11.6. The molecule has 3 atom stereocenters. The molecule has 0 spiro atoms. The molecule has 0 amide bonds. The van der Waals surface area contributed by atoms with Gasteiger partial charge in [-0.1, -0.05) is 13.8 Å². The molecule has 3 aliphatic rings. The van der Waals surface area contributed by atoms with Gasteiger partial charge in [0.15, 0.2) is 0 Å². The highest BCUT2D eigenvalue weighted by molar-refractivity contribution is 5.05. The second-order valence-corrected chi connectivity index (χ2v) is 7.40. The number of nitrogens with zero attached hydrogens (tertiary/aromatic N) is 1. The molecule has 0 radical (unpaired) electrons. The van der Waals surface area contributed by atoms with Gasteiger partial charge < -0.3 is 10.1 Å². The van der Waals surface area contributed by atoms with Gasteiger partial charge in [-0.2, -0.15) is 0 Å². The SMILES string of the molecule is CC(C)C1CN(CC2CCCO2)C(C)(C2CC2)CN1. The third kappa shape index (κ3) is 2.84. The average molecular weight is 266 g/mol. The zero-order valence-electron chi connectivity index (χ0n) is 12.8. The molecule has 3 unspecified atom stereocenters. The molecule has 2 heterocycles. The quantitative estimate of drug-likeness (QED) is 0.845. The van der Waals surface area contributed by atoms with Crippen molar-refractivity contribution in [1.82, 2.24) is 10.2 Å². The zero-order valence-corrected chi connectivity index (χ0v) is 12.8. The van der Waals surface area contributed by atoms with Crippen molar-refractivity contribution < 1.29 is 4.74 Å². The molecule has 3 fully saturated rings. The Labute approximate surface area is 118 Å². The Morgan fingerprint density at radius 3 is 2.68 bits per heavy atom. The maximum Gasteiger partial charge on any atom is 0.0703 e. The molecule has 3 nitrogen and oxygen atoms in total. The van der Waals surface area contributed by atoms with Crippen LogP contribution in [0.15, 0.2) is 0 Å². The van der Waals surface area contributed by atoms with Crippen molar-refractivity contribution in [3.8, 4) is 0 Å². The molecule has 0 aromatic carbocycles. The molecule has 110 valence electrons. The van der Waals surface area contributed by atoms with Crippen LogP contribution < -0.4 is 5.32 Å². The summed E-state index contributed by atoms with van der Waals surface area (Å²) in [5, 5.41) is 3.80. The lowest BCUT2D eigenvalue weighted by Gasteiger charge is -2.50. The molecule has 0 bridgehead atoms. The molecule has 1 N–H and O–H groups in total. The van der Waals surface area contributed by atoms with Gasteiger partial charge >= 0.3 is 0 Å². The van der Waals surface area contributed by atoms with Gasteiger partial charge in [0, 0.05) is 37.8 Å². The minimum Gasteiger partial charge on any atom is -0.377 e. The average Bonchev–Trinajstić information content (AvgIpc) is 3.12. The molecule has 0 aromatic rings. The highest BCUT2D eigenvalue weighted by atomic mass is 16.5. The van der Waals surface area contributed by atoms with Gasteiger partial charge in [-0.3, -0.25) is 4.90 Å². The molecular formula is C16H30N2O. The van der Waals surface area contributed by atoms with E-state index in [0.29, 0.717) is 17.7 Å². The monoisotopic (exact) mass is 266 g/mol. The van der Waals surface area contributed by atoms with Crippen molar-refractivity contribution in [3.05, 3.63) is 0 Å². The normalized spacial score (nSPS) is 41.1. The minimum atomic E-state index is 0.372. The van der Waals surface area contributed by atoms with Gasteiger partial charge in [0.2, 0.25) is 0 Å². The van der Waals surface area contributed by atoms with Crippen molar-refractivity contribution in [2.45, 2.75) is 64.1 Å². The Bertz CT molecular complexity index is 308. The van der Waals surface area contributed by atoms with Crippen molar-refractivity contribution in [2.75, 3.05) is 26.2 Å². The summed E-state index contributed by atoms with van der Waals surface area (Å²) < 4.78 is 5.88. The van der Waals surface area contributed by atoms with Gasteiger partial charge in [-0.25, -0.2) is 0 Å². The third-order valence-electron chi connectivity index (χ3n) is 5.57. The molecule has 1 saturated carbocycles. The first-order valence-electron chi connectivity index (χ1n) is 8.19. The van der Waals surface area contributed by atoms with Gasteiger partial charge in [-0.15, -0.1) is 0 Å². The van der Waals surface area contributed by atoms with Crippen molar-refractivity contribution in [2.24, 2.45) is 11.8 Å². The van der Waals surface area contributed by atoms with E-state index in [2.05, 4.69) is 31.0 Å². The number of nitrogens with one attached hydrogen (secondary N) is 1. The zero-order chi connectivity index (χ0) is 13.5. The number of hydrogen-bond donors (Lipinski definition) is 1. The summed E-state index contributed by atoms with van der Waals surface area (Å²) in [5.41, 5.74) is 0.372. The van der Waals surface area contributed by atoms with Crippen LogP contribution in [-0.2, 0) is 4.74 Å². The van der Waals surface area contributed by atoms with Gasteiger partial charge in [0.1, 0.15) is 0 Å². The fourth-order valence-electron chi connectivity index (χ4n) is 3.83. The van der Waals surface area contributed by atoms with Crippen LogP contribution in [-0.4, -0.2) is 48.8 Å². The Balaban J connectivity index is 1.69. The molecule has 3 rings (SSSR count). The minimum absolute atomic E-state index is 0.372. The number of ether oxygens (including phenoxy) is 1. The lowest BCUT2D eigenvalue weighted by Crippen LogP contribution is -2.66. The van der Waals surface area contributed by atoms with E-state index in [1.54, 1.807) is 0 Å². The van der Waals surface area contributed by atoms with E-state index in [1.165, 1.54) is 32.2 Å². The number of hydrogen-bond acceptors (Lipinski definition) is 3. The molecule has 1 aliphatic carbocycles. The van der Waals surface area contributed by atoms with E-state index >= 15 is 0 Å². The van der Waals surface area contributed by atoms with Crippen LogP contribution in [0.1, 0.15) is 46.5 Å². The molecule has 19 heavy (non-hydrogen) atoms. The second-order valence-electron chi connectivity index (χ2n) is 7.40. The van der Waals surface area contributed by atoms with Crippen molar-refractivity contribution >= 4 is 0 Å². The van der Waals surface area contributed by atoms with Gasteiger partial charge in [0.25, 0.3) is 0 Å². The van der Waals surface area contributed by atoms with Gasteiger partial charge in [0.05, 0.1) is 6.10 Å². The van der Waals surface area contributed by atoms with Gasteiger partial charge in [-0.05, 0) is 44.4 Å². The van der Waals surface area contributed by atoms with Crippen LogP contribution in [0.2, 0.25) is 0 Å². The van der Waals surface area contributed by atoms with E-state index < -0.39 is 0 Å². The van der Waals surface area contributed by atoms with Crippen LogP contribution in [0.25, 0.3) is 0 Å². The van der Waals surface area contributed by atoms with E-state index in [1.807, 2.05) is 0 Å². The summed E-state index contributed by atoms with van der Waals surface area (Å²) in [7, 11) is 0. The van der Waals surface area contributed by atoms with Crippen LogP contribution in [0.4, 0.5) is 0 Å². The lowest BCUT2D eigenvalue weighted by molar-refractivity contribution is -0.0161. The maximum absolute atomic E-state index is 5.88. The molecule has 0 aromatic heterocycles. The van der Waals surface area contributed by atoms with Crippen molar-refractivity contribution in [1.29, 1.82) is 0 Å². The van der Waals surface area contributed by atoms with Crippen LogP contribution in [0.3, 0.4) is 0 Å². The fourth-order valence-corrected chi connectivity index (χ4v) is 3.83. The second kappa shape index (κ2) is 5.34. The standard InChI is InChI=1S/C16H30N2O/c1-12(2)15-10-18(9-14-5-4-8-19-14)16(3,11-17-15)13-6-7-13/h12-15,17H,4-11H2,1-3H3. The van der Waals surface area contributed by atoms with E-state index in [9.17, 15) is 0 Å².